The van der Waals surface area contributed by atoms with E-state index < -0.39 is 18.1 Å². The van der Waals surface area contributed by atoms with E-state index in [1.54, 1.807) is 19.1 Å². The van der Waals surface area contributed by atoms with Gasteiger partial charge in [0.2, 0.25) is 5.95 Å². The molecular formula is C15H15FN2O2. The molecule has 4 nitrogen and oxygen atoms in total. The van der Waals surface area contributed by atoms with Crippen LogP contribution in [0.4, 0.5) is 9.18 Å². The lowest BCUT2D eigenvalue weighted by molar-refractivity contribution is 0.136. The first-order chi connectivity index (χ1) is 9.66. The van der Waals surface area contributed by atoms with Gasteiger partial charge in [0.1, 0.15) is 6.61 Å². The van der Waals surface area contributed by atoms with Gasteiger partial charge in [-0.3, -0.25) is 0 Å². The molecule has 1 atom stereocenters. The van der Waals surface area contributed by atoms with Crippen LogP contribution in [0.15, 0.2) is 48.7 Å². The maximum atomic E-state index is 13.4. The van der Waals surface area contributed by atoms with E-state index in [9.17, 15) is 9.18 Å². The number of carbonyl (C=O) groups excluding carboxylic acids is 1. The molecule has 0 unspecified atom stereocenters. The molecular weight excluding hydrogens is 259 g/mol. The number of carbonyl (C=O) groups is 1. The molecule has 0 aliphatic rings. The average molecular weight is 274 g/mol. The van der Waals surface area contributed by atoms with E-state index in [0.717, 1.165) is 5.56 Å². The Morgan fingerprint density at radius 1 is 1.30 bits per heavy atom. The number of ether oxygens (including phenoxy) is 1. The van der Waals surface area contributed by atoms with Crippen molar-refractivity contribution in [3.8, 4) is 0 Å². The Balaban J connectivity index is 1.87. The number of amides is 1. The van der Waals surface area contributed by atoms with Crippen molar-refractivity contribution in [2.45, 2.75) is 19.6 Å². The number of rotatable bonds is 4. The summed E-state index contributed by atoms with van der Waals surface area (Å²) in [5.41, 5.74) is 1.21. The van der Waals surface area contributed by atoms with Crippen LogP contribution in [-0.2, 0) is 11.3 Å². The lowest BCUT2D eigenvalue weighted by Gasteiger charge is -2.14. The first-order valence-electron chi connectivity index (χ1n) is 6.24. The Morgan fingerprint density at radius 3 is 2.75 bits per heavy atom. The lowest BCUT2D eigenvalue weighted by atomic mass is 10.1. The van der Waals surface area contributed by atoms with Gasteiger partial charge in [-0.25, -0.2) is 9.78 Å². The number of halogens is 1. The Morgan fingerprint density at radius 2 is 2.05 bits per heavy atom. The summed E-state index contributed by atoms with van der Waals surface area (Å²) in [5, 5.41) is 2.57. The van der Waals surface area contributed by atoms with E-state index in [0.29, 0.717) is 5.56 Å². The van der Waals surface area contributed by atoms with Crippen molar-refractivity contribution in [3.63, 3.8) is 0 Å². The molecule has 5 heteroatoms. The first kappa shape index (κ1) is 14.0. The number of hydrogen-bond donors (Lipinski definition) is 1. The van der Waals surface area contributed by atoms with Gasteiger partial charge in [-0.15, -0.1) is 0 Å². The van der Waals surface area contributed by atoms with Crippen LogP contribution in [0, 0.1) is 5.95 Å². The SMILES string of the molecule is C[C@@H](NC(=O)OCc1ccccc1)c1cccnc1F. The van der Waals surface area contributed by atoms with Crippen LogP contribution in [-0.4, -0.2) is 11.1 Å². The second-order valence-electron chi connectivity index (χ2n) is 4.31. The maximum absolute atomic E-state index is 13.4. The highest BCUT2D eigenvalue weighted by Gasteiger charge is 2.14. The fourth-order valence-electron chi connectivity index (χ4n) is 1.74. The van der Waals surface area contributed by atoms with Crippen molar-refractivity contribution in [2.24, 2.45) is 0 Å². The maximum Gasteiger partial charge on any atom is 0.407 e. The van der Waals surface area contributed by atoms with Gasteiger partial charge < -0.3 is 10.1 Å². The minimum Gasteiger partial charge on any atom is -0.445 e. The monoisotopic (exact) mass is 274 g/mol. The summed E-state index contributed by atoms with van der Waals surface area (Å²) in [6, 6.07) is 12.0. The number of nitrogens with one attached hydrogen (secondary N) is 1. The zero-order valence-electron chi connectivity index (χ0n) is 11.0. The number of hydrogen-bond acceptors (Lipinski definition) is 3. The van der Waals surface area contributed by atoms with Gasteiger partial charge in [0.15, 0.2) is 0 Å². The zero-order valence-corrected chi connectivity index (χ0v) is 11.0. The predicted octanol–water partition coefficient (Wildman–Crippen LogP) is 3.21. The molecule has 0 spiro atoms. The zero-order chi connectivity index (χ0) is 14.4. The molecule has 2 rings (SSSR count). The van der Waals surface area contributed by atoms with Crippen molar-refractivity contribution in [2.75, 3.05) is 0 Å². The molecule has 1 heterocycles. The van der Waals surface area contributed by atoms with Crippen molar-refractivity contribution in [1.82, 2.24) is 10.3 Å². The van der Waals surface area contributed by atoms with Crippen LogP contribution in [0.5, 0.6) is 0 Å². The average Bonchev–Trinajstić information content (AvgIpc) is 2.46. The van der Waals surface area contributed by atoms with E-state index in [-0.39, 0.29) is 6.61 Å². The number of nitrogens with zero attached hydrogens (tertiary/aromatic N) is 1. The molecule has 1 N–H and O–H groups in total. The van der Waals surface area contributed by atoms with Crippen LogP contribution < -0.4 is 5.32 Å². The third kappa shape index (κ3) is 3.78. The molecule has 1 aromatic carbocycles. The van der Waals surface area contributed by atoms with Crippen molar-refractivity contribution < 1.29 is 13.9 Å². The van der Waals surface area contributed by atoms with Gasteiger partial charge in [-0.2, -0.15) is 4.39 Å². The topological polar surface area (TPSA) is 51.2 Å². The number of alkyl carbamates (subject to hydrolysis) is 1. The van der Waals surface area contributed by atoms with Crippen LogP contribution in [0.1, 0.15) is 24.1 Å². The highest BCUT2D eigenvalue weighted by atomic mass is 19.1. The third-order valence-corrected chi connectivity index (χ3v) is 2.80. The van der Waals surface area contributed by atoms with E-state index in [1.165, 1.54) is 6.20 Å². The van der Waals surface area contributed by atoms with E-state index >= 15 is 0 Å². The summed E-state index contributed by atoms with van der Waals surface area (Å²) >= 11 is 0. The van der Waals surface area contributed by atoms with E-state index in [2.05, 4.69) is 10.3 Å². The minimum atomic E-state index is -0.594. The predicted molar refractivity (Wildman–Crippen MR) is 72.4 cm³/mol. The van der Waals surface area contributed by atoms with Gasteiger partial charge in [0, 0.05) is 11.8 Å². The normalized spacial score (nSPS) is 11.7. The fraction of sp³-hybridized carbons (Fsp3) is 0.200. The highest BCUT2D eigenvalue weighted by Crippen LogP contribution is 2.14. The summed E-state index contributed by atoms with van der Waals surface area (Å²) in [5.74, 6) is -0.594. The molecule has 0 saturated carbocycles. The molecule has 0 aliphatic heterocycles. The molecule has 1 aromatic heterocycles. The van der Waals surface area contributed by atoms with Gasteiger partial charge >= 0.3 is 6.09 Å². The van der Waals surface area contributed by atoms with E-state index in [1.807, 2.05) is 30.3 Å². The molecule has 0 radical (unpaired) electrons. The summed E-state index contributed by atoms with van der Waals surface area (Å²) in [7, 11) is 0. The summed E-state index contributed by atoms with van der Waals surface area (Å²) in [4.78, 5) is 15.2. The molecule has 0 saturated heterocycles. The lowest BCUT2D eigenvalue weighted by Crippen LogP contribution is -2.28. The number of benzene rings is 1. The summed E-state index contributed by atoms with van der Waals surface area (Å²) in [6.45, 7) is 1.85. The third-order valence-electron chi connectivity index (χ3n) is 2.80. The Bertz CT molecular complexity index is 575. The molecule has 0 fully saturated rings. The minimum absolute atomic E-state index is 0.176. The molecule has 20 heavy (non-hydrogen) atoms. The standard InChI is InChI=1S/C15H15FN2O2/c1-11(13-8-5-9-17-14(13)16)18-15(19)20-10-12-6-3-2-4-7-12/h2-9,11H,10H2,1H3,(H,18,19)/t11-/m1/s1. The number of pyridine rings is 1. The van der Waals surface area contributed by atoms with Crippen LogP contribution in [0.3, 0.4) is 0 Å². The molecule has 0 aliphatic carbocycles. The van der Waals surface area contributed by atoms with Gasteiger partial charge in [-0.1, -0.05) is 36.4 Å². The fourth-order valence-corrected chi connectivity index (χ4v) is 1.74. The molecule has 2 aromatic rings. The van der Waals surface area contributed by atoms with Crippen molar-refractivity contribution in [3.05, 3.63) is 65.7 Å². The first-order valence-corrected chi connectivity index (χ1v) is 6.24. The van der Waals surface area contributed by atoms with Crippen molar-refractivity contribution in [1.29, 1.82) is 0 Å². The van der Waals surface area contributed by atoms with Gasteiger partial charge in [0.25, 0.3) is 0 Å². The molecule has 0 bridgehead atoms. The summed E-state index contributed by atoms with van der Waals surface area (Å²) < 4.78 is 18.5. The second-order valence-corrected chi connectivity index (χ2v) is 4.31. The van der Waals surface area contributed by atoms with Crippen LogP contribution in [0.2, 0.25) is 0 Å². The smallest absolute Gasteiger partial charge is 0.407 e. The molecule has 104 valence electrons. The van der Waals surface area contributed by atoms with Crippen LogP contribution in [0.25, 0.3) is 0 Å². The number of aromatic nitrogens is 1. The van der Waals surface area contributed by atoms with Crippen molar-refractivity contribution >= 4 is 6.09 Å². The van der Waals surface area contributed by atoms with Crippen LogP contribution >= 0.6 is 0 Å². The Labute approximate surface area is 116 Å². The Hall–Kier alpha value is -2.43. The second kappa shape index (κ2) is 6.65. The largest absolute Gasteiger partial charge is 0.445 e. The van der Waals surface area contributed by atoms with Gasteiger partial charge in [0.05, 0.1) is 6.04 Å². The molecule has 1 amide bonds. The summed E-state index contributed by atoms with van der Waals surface area (Å²) in [6.07, 6.45) is 0.767. The van der Waals surface area contributed by atoms with Gasteiger partial charge in [-0.05, 0) is 18.6 Å². The quantitative estimate of drug-likeness (QED) is 0.871. The Kier molecular flexibility index (Phi) is 4.65. The highest BCUT2D eigenvalue weighted by molar-refractivity contribution is 5.67. The van der Waals surface area contributed by atoms with E-state index in [4.69, 9.17) is 4.74 Å².